The zero-order valence-electron chi connectivity index (χ0n) is 46.5. The average Bonchev–Trinajstić information content (AvgIpc) is 3.68. The lowest BCUT2D eigenvalue weighted by Crippen LogP contribution is -2.62. The summed E-state index contributed by atoms with van der Waals surface area (Å²) >= 11 is 0. The van der Waals surface area contributed by atoms with Crippen molar-refractivity contribution >= 4 is 101 Å². The number of primary amides is 1. The molecule has 8 amide bonds. The van der Waals surface area contributed by atoms with E-state index in [1.165, 1.54) is 25.1 Å². The molecule has 1 aliphatic heterocycles. The number of carbonyl (C=O) groups excluding carboxylic acids is 8. The molecule has 0 spiro atoms. The van der Waals surface area contributed by atoms with Crippen molar-refractivity contribution in [3.05, 3.63) is 150 Å². The lowest BCUT2D eigenvalue weighted by molar-refractivity contribution is -0.143. The fourth-order valence-electron chi connectivity index (χ4n) is 10.1. The van der Waals surface area contributed by atoms with E-state index in [4.69, 9.17) is 17.2 Å². The second kappa shape index (κ2) is 29.3. The number of rotatable bonds is 18. The van der Waals surface area contributed by atoms with Gasteiger partial charge in [0, 0.05) is 84.4 Å². The lowest BCUT2D eigenvalue weighted by atomic mass is 10.00. The molecule has 442 valence electrons. The number of fused-ring (bicyclic) bond motifs is 3. The maximum absolute atomic E-state index is 15.2. The van der Waals surface area contributed by atoms with Gasteiger partial charge in [-0.25, -0.2) is 0 Å². The third kappa shape index (κ3) is 16.1. The molecule has 0 unspecified atom stereocenters. The fraction of sp³-hybridized carbons (Fsp3) is 0.350. The molecule has 24 heteroatoms. The van der Waals surface area contributed by atoms with Gasteiger partial charge in [0.25, 0.3) is 0 Å². The van der Waals surface area contributed by atoms with E-state index >= 15 is 9.59 Å². The number of aromatic amines is 2. The van der Waals surface area contributed by atoms with Crippen molar-refractivity contribution in [1.82, 2.24) is 51.8 Å². The van der Waals surface area contributed by atoms with E-state index in [0.29, 0.717) is 29.5 Å². The highest BCUT2D eigenvalue weighted by molar-refractivity contribution is 8.76. The Labute approximate surface area is 493 Å². The van der Waals surface area contributed by atoms with Gasteiger partial charge in [0.15, 0.2) is 0 Å². The first-order valence-electron chi connectivity index (χ1n) is 27.7. The summed E-state index contributed by atoms with van der Waals surface area (Å²) in [5, 5.41) is 31.2. The smallest absolute Gasteiger partial charge is 0.245 e. The summed E-state index contributed by atoms with van der Waals surface area (Å²) in [7, 11) is 3.44. The molecule has 1 saturated heterocycles. The van der Waals surface area contributed by atoms with Gasteiger partial charge in [-0.2, -0.15) is 0 Å². The molecule has 8 rings (SSSR count). The number of aliphatic hydroxyl groups excluding tert-OH is 1. The number of unbranched alkanes of at least 4 members (excludes halogenated alkanes) is 1. The number of nitrogens with one attached hydrogen (secondary N) is 8. The first-order chi connectivity index (χ1) is 40.5. The van der Waals surface area contributed by atoms with E-state index in [0.717, 1.165) is 59.7 Å². The van der Waals surface area contributed by atoms with Gasteiger partial charge in [-0.15, -0.1) is 0 Å². The van der Waals surface area contributed by atoms with Crippen molar-refractivity contribution in [1.29, 1.82) is 0 Å². The van der Waals surface area contributed by atoms with Gasteiger partial charge in [0.2, 0.25) is 47.3 Å². The summed E-state index contributed by atoms with van der Waals surface area (Å²) < 4.78 is 0. The summed E-state index contributed by atoms with van der Waals surface area (Å²) in [5.41, 5.74) is 22.5. The normalized spacial score (nSPS) is 20.9. The Morgan fingerprint density at radius 3 is 2.08 bits per heavy atom. The maximum atomic E-state index is 15.2. The predicted octanol–water partition coefficient (Wildman–Crippen LogP) is 1.92. The Morgan fingerprint density at radius 2 is 1.39 bits per heavy atom. The van der Waals surface area contributed by atoms with Crippen LogP contribution in [0.15, 0.2) is 128 Å². The number of amides is 8. The molecule has 1 aliphatic rings. The van der Waals surface area contributed by atoms with Crippen LogP contribution in [0.2, 0.25) is 0 Å². The number of benzene rings is 4. The van der Waals surface area contributed by atoms with Gasteiger partial charge in [-0.05, 0) is 90.4 Å². The van der Waals surface area contributed by atoms with Crippen LogP contribution in [0.4, 0.5) is 0 Å². The van der Waals surface area contributed by atoms with Crippen LogP contribution >= 0.6 is 21.6 Å². The monoisotopic (exact) mass is 1180 g/mol. The number of carbonyl (C=O) groups is 8. The Balaban J connectivity index is 1.15. The number of likely N-dealkylation sites (N-methyl/N-ethyl adjacent to an activating group) is 1. The van der Waals surface area contributed by atoms with E-state index in [9.17, 15) is 33.9 Å². The Morgan fingerprint density at radius 1 is 0.726 bits per heavy atom. The van der Waals surface area contributed by atoms with Crippen molar-refractivity contribution in [2.24, 2.45) is 17.2 Å². The topological polar surface area (TPSA) is 355 Å². The zero-order valence-corrected chi connectivity index (χ0v) is 48.2. The Bertz CT molecular complexity index is 3470. The highest BCUT2D eigenvalue weighted by Gasteiger charge is 2.39. The van der Waals surface area contributed by atoms with Crippen LogP contribution in [0.1, 0.15) is 48.4 Å². The fourth-order valence-corrected chi connectivity index (χ4v) is 12.5. The molecular formula is C60H71N13O9S2. The van der Waals surface area contributed by atoms with Gasteiger partial charge >= 0.3 is 0 Å². The van der Waals surface area contributed by atoms with Crippen LogP contribution in [0.5, 0.6) is 0 Å². The average molecular weight is 1180 g/mol. The molecule has 0 aliphatic carbocycles. The number of aromatic nitrogens is 3. The number of nitrogens with two attached hydrogens (primary N) is 3. The van der Waals surface area contributed by atoms with Crippen LogP contribution < -0.4 is 49.1 Å². The minimum atomic E-state index is -1.70. The second-order valence-corrected chi connectivity index (χ2v) is 23.5. The number of hydrogen-bond acceptors (Lipinski definition) is 14. The van der Waals surface area contributed by atoms with Crippen LogP contribution in [-0.4, -0.2) is 152 Å². The van der Waals surface area contributed by atoms with Gasteiger partial charge < -0.3 is 69.1 Å². The predicted molar refractivity (Wildman–Crippen MR) is 324 cm³/mol. The highest BCUT2D eigenvalue weighted by atomic mass is 33.1. The van der Waals surface area contributed by atoms with Gasteiger partial charge in [-0.3, -0.25) is 43.3 Å². The van der Waals surface area contributed by atoms with Crippen LogP contribution in [0, 0.1) is 0 Å². The number of H-pyrrole nitrogens is 2. The molecular weight excluding hydrogens is 1110 g/mol. The third-order valence-corrected chi connectivity index (χ3v) is 17.2. The number of hydrogen-bond donors (Lipinski definition) is 12. The van der Waals surface area contributed by atoms with Crippen LogP contribution in [0.3, 0.4) is 0 Å². The number of nitrogens with zero attached hydrogens (tertiary/aromatic N) is 2. The van der Waals surface area contributed by atoms with Crippen molar-refractivity contribution in [2.75, 3.05) is 25.1 Å². The SMILES string of the molecule is C[C@H](O)[C@H]1NC(=O)[C@H](CCCCN)N(C)C(=O)[C@@H](Cc2c[nH]c3ccccc23)NC(=O)[C@H](Cc2cccnc2)NC(=O)[C@@H](NC(=O)[C@@H](N)Cc2ccc3ccccc3c2)CSSC[C@H](C(=O)N[C@@H](Cc2c[nH]c3ccccc23)C(N)=O)NC1=O. The molecule has 0 radical (unpaired) electrons. The number of para-hydroxylation sites is 2. The molecule has 0 saturated carbocycles. The Hall–Kier alpha value is -8.29. The summed E-state index contributed by atoms with van der Waals surface area (Å²) in [6.07, 6.45) is 5.63. The molecule has 22 nitrogen and oxygen atoms in total. The molecule has 0 bridgehead atoms. The standard InChI is InChI=1S/C60H71N13O9S2/c1-34(74)52-59(81)71-50(56(78)67-46(53(63)75)27-39-30-65-44-17-7-5-15-41(39)44)33-84-83-32-49(70-54(76)43(62)25-35-20-21-37-13-3-4-14-38(37)24-35)57(79)68-47(26-36-12-11-23-64-29-36)55(77)69-48(28-40-31-66-45-18-8-6-16-42(40)45)60(82)73(2)51(58(80)72-52)19-9-10-22-61/h3-8,11-18,20-21,23-24,29-31,34,43,46-52,65-66,74H,9-10,19,22,25-28,32-33,61-62H2,1-2H3,(H2,63,75)(H,67,78)(H,68,79)(H,69,77)(H,70,76)(H,71,81)(H,72,80)/t34-,43-,46-,47-,48+,49-,50+,51-,52+/m0/s1. The molecule has 4 aromatic carbocycles. The van der Waals surface area contributed by atoms with Crippen molar-refractivity contribution in [2.45, 2.75) is 106 Å². The summed E-state index contributed by atoms with van der Waals surface area (Å²) in [6.45, 7) is 1.53. The van der Waals surface area contributed by atoms with Gasteiger partial charge in [0.1, 0.15) is 42.3 Å². The van der Waals surface area contributed by atoms with E-state index < -0.39 is 102 Å². The number of aliphatic hydroxyl groups is 1. The van der Waals surface area contributed by atoms with E-state index in [-0.39, 0.29) is 50.2 Å². The molecule has 15 N–H and O–H groups in total. The molecule has 9 atom stereocenters. The maximum Gasteiger partial charge on any atom is 0.245 e. The van der Waals surface area contributed by atoms with Crippen molar-refractivity contribution < 1.29 is 43.5 Å². The van der Waals surface area contributed by atoms with Gasteiger partial charge in [-0.1, -0.05) is 107 Å². The second-order valence-electron chi connectivity index (χ2n) is 20.9. The van der Waals surface area contributed by atoms with Crippen LogP contribution in [0.25, 0.3) is 32.6 Å². The molecule has 7 aromatic rings. The first-order valence-corrected chi connectivity index (χ1v) is 30.2. The van der Waals surface area contributed by atoms with E-state index in [1.807, 2.05) is 91.0 Å². The summed E-state index contributed by atoms with van der Waals surface area (Å²) in [5.74, 6) is -6.96. The van der Waals surface area contributed by atoms with E-state index in [2.05, 4.69) is 46.9 Å². The Kier molecular flexibility index (Phi) is 21.5. The molecule has 1 fully saturated rings. The minimum absolute atomic E-state index is 0.0281. The van der Waals surface area contributed by atoms with E-state index in [1.54, 1.807) is 30.7 Å². The lowest BCUT2D eigenvalue weighted by Gasteiger charge is -2.33. The summed E-state index contributed by atoms with van der Waals surface area (Å²) in [4.78, 5) is 128. The minimum Gasteiger partial charge on any atom is -0.391 e. The summed E-state index contributed by atoms with van der Waals surface area (Å²) in [6, 6.07) is 20.5. The number of pyridine rings is 1. The highest BCUT2D eigenvalue weighted by Crippen LogP contribution is 2.26. The quantitative estimate of drug-likeness (QED) is 0.0432. The molecule has 3 aromatic heterocycles. The van der Waals surface area contributed by atoms with Crippen molar-refractivity contribution in [3.63, 3.8) is 0 Å². The third-order valence-electron chi connectivity index (χ3n) is 14.8. The van der Waals surface area contributed by atoms with Gasteiger partial charge in [0.05, 0.1) is 12.1 Å². The largest absolute Gasteiger partial charge is 0.391 e. The molecule has 4 heterocycles. The van der Waals surface area contributed by atoms with Crippen LogP contribution in [-0.2, 0) is 64.0 Å². The molecule has 84 heavy (non-hydrogen) atoms. The first kappa shape index (κ1) is 61.8. The van der Waals surface area contributed by atoms with Crippen molar-refractivity contribution in [3.8, 4) is 0 Å². The zero-order chi connectivity index (χ0) is 59.9.